The third-order valence-electron chi connectivity index (χ3n) is 3.27. The first-order valence-corrected chi connectivity index (χ1v) is 11.8. The molecule has 0 aromatic heterocycles. The van der Waals surface area contributed by atoms with E-state index in [1.165, 1.54) is 0 Å². The predicted molar refractivity (Wildman–Crippen MR) is 101 cm³/mol. The second kappa shape index (κ2) is 11.8. The Kier molecular flexibility index (Phi) is 13.7. The van der Waals surface area contributed by atoms with Crippen LogP contribution in [-0.2, 0) is 23.6 Å². The molecule has 0 aromatic carbocycles. The van der Waals surface area contributed by atoms with E-state index in [1.54, 1.807) is 0 Å². The second-order valence-corrected chi connectivity index (χ2v) is 15.2. The number of nitrogens with zero attached hydrogens (tertiary/aromatic N) is 12. The molecule has 6 radical (unpaired) electrons. The van der Waals surface area contributed by atoms with Gasteiger partial charge >= 0.3 is 275 Å². The molecular weight excluding hydrogens is 1290 g/mol. The normalized spacial score (nSPS) is 13.5. The zero-order valence-electron chi connectivity index (χ0n) is 17.3. The Labute approximate surface area is 272 Å². The van der Waals surface area contributed by atoms with Crippen LogP contribution in [0.2, 0.25) is 0 Å². The van der Waals surface area contributed by atoms with Gasteiger partial charge in [0.2, 0.25) is 0 Å². The zero-order chi connectivity index (χ0) is 31.7. The van der Waals surface area contributed by atoms with Crippen molar-refractivity contribution in [2.75, 3.05) is 0 Å². The smallest absolute Gasteiger partial charge is 2.00 e. The van der Waals surface area contributed by atoms with Crippen molar-refractivity contribution in [2.24, 2.45) is 0 Å². The van der Waals surface area contributed by atoms with Gasteiger partial charge in [-0.25, -0.2) is 0 Å². The molecule has 41 heavy (non-hydrogen) atoms. The Morgan fingerprint density at radius 1 is 0.220 bits per heavy atom. The maximum absolute atomic E-state index is 10.5. The molecule has 0 unspecified atom stereocenters. The van der Waals surface area contributed by atoms with E-state index in [1.807, 2.05) is 0 Å². The fourth-order valence-corrected chi connectivity index (χ4v) is 5.50. The van der Waals surface area contributed by atoms with Crippen molar-refractivity contribution >= 4 is 81.9 Å². The van der Waals surface area contributed by atoms with Crippen LogP contribution in [0.4, 0.5) is 0 Å². The van der Waals surface area contributed by atoms with Gasteiger partial charge in [-0.3, -0.25) is 0 Å². The third kappa shape index (κ3) is 3.22. The molecule has 0 aliphatic heterocycles. The summed E-state index contributed by atoms with van der Waals surface area (Å²) in [5.41, 5.74) is 0. The number of hydrogen-bond acceptors (Lipinski definition) is 24. The van der Waals surface area contributed by atoms with Gasteiger partial charge in [0.1, 0.15) is 0 Å². The maximum atomic E-state index is 10.5. The summed E-state index contributed by atoms with van der Waals surface area (Å²) in [7, 11) is 0. The maximum Gasteiger partial charge on any atom is 2.00 e. The molecule has 0 aliphatic rings. The second-order valence-electron chi connectivity index (χ2n) is 4.36. The molecule has 36 nitrogen and oxygen atoms in total. The van der Waals surface area contributed by atoms with Gasteiger partial charge in [-0.2, -0.15) is 0 Å². The average molecular weight is 1290 g/mol. The molecule has 0 aromatic rings. The molecule has 41 heteroatoms. The Hall–Kier alpha value is -3.42. The molecule has 0 aliphatic carbocycles. The first-order valence-electron chi connectivity index (χ1n) is 6.17. The average Bonchev–Trinajstić information content (AvgIpc) is 2.67. The molecule has 0 saturated carbocycles. The minimum absolute atomic E-state index is 0. The standard InChI is InChI=1S/2Co.12NO2.3Pb/c;;12*2-1-3;;;/q2*-3;;;;;;;;;;;;;3*+2. The Morgan fingerprint density at radius 3 is 0.268 bits per heavy atom. The van der Waals surface area contributed by atoms with Gasteiger partial charge < -0.3 is 0 Å². The van der Waals surface area contributed by atoms with Gasteiger partial charge in [0.25, 0.3) is 0 Å². The van der Waals surface area contributed by atoms with Crippen molar-refractivity contribution in [3.8, 4) is 0 Å². The van der Waals surface area contributed by atoms with Gasteiger partial charge in [-0.05, 0) is 0 Å². The Morgan fingerprint density at radius 2 is 0.268 bits per heavy atom. The van der Waals surface area contributed by atoms with Crippen LogP contribution in [-0.4, -0.2) is 130 Å². The largest absolute Gasteiger partial charge is 2.00 e. The molecule has 0 fully saturated rings. The van der Waals surface area contributed by atoms with Crippen LogP contribution in [0.3, 0.4) is 0 Å². The zero-order valence-corrected chi connectivity index (χ0v) is 31.1. The molecule has 0 atom stereocenters. The van der Waals surface area contributed by atoms with E-state index in [2.05, 4.69) is 0 Å². The van der Waals surface area contributed by atoms with Crippen molar-refractivity contribution in [1.29, 1.82) is 0 Å². The number of hydrogen-bond donors (Lipinski definition) is 0. The van der Waals surface area contributed by atoms with E-state index < -0.39 is 71.3 Å². The summed E-state index contributed by atoms with van der Waals surface area (Å²) in [6.45, 7) is 0. The van der Waals surface area contributed by atoms with Crippen molar-refractivity contribution in [3.63, 3.8) is 0 Å². The summed E-state index contributed by atoms with van der Waals surface area (Å²) in [6.07, 6.45) is 0. The molecule has 0 amide bonds. The molecule has 0 rings (SSSR count). The van der Waals surface area contributed by atoms with Crippen molar-refractivity contribution in [3.05, 3.63) is 121 Å². The van der Waals surface area contributed by atoms with E-state index in [0.717, 1.165) is 0 Å². The van der Waals surface area contributed by atoms with Crippen molar-refractivity contribution in [1.82, 2.24) is 0 Å². The topological polar surface area (TPSA) is 518 Å². The first-order chi connectivity index (χ1) is 16.7. The fourth-order valence-electron chi connectivity index (χ4n) is 1.33. The van der Waals surface area contributed by atoms with E-state index >= 15 is 0 Å². The van der Waals surface area contributed by atoms with Gasteiger partial charge in [-0.15, -0.1) is 0 Å². The van der Waals surface area contributed by atoms with Gasteiger partial charge in [0.05, 0.1) is 0 Å². The Bertz CT molecular complexity index is 968. The fraction of sp³-hybridized carbons (Fsp3) is 0. The van der Waals surface area contributed by atoms with Crippen LogP contribution < -0.4 is 0 Å². The third-order valence-corrected chi connectivity index (χ3v) is 13.5. The van der Waals surface area contributed by atoms with Crippen LogP contribution in [0.5, 0.6) is 0 Å². The predicted octanol–water partition coefficient (Wildman–Crippen LogP) is -4.42. The molecule has 234 valence electrons. The van der Waals surface area contributed by atoms with E-state index in [9.17, 15) is 121 Å². The molecular formula is Co2N12O24Pb3. The molecule has 0 N–H and O–H groups in total. The van der Waals surface area contributed by atoms with Crippen LogP contribution in [0.15, 0.2) is 0 Å². The summed E-state index contributed by atoms with van der Waals surface area (Å²) in [5.74, 6) is 0. The molecule has 0 heterocycles. The summed E-state index contributed by atoms with van der Waals surface area (Å²) >= 11 is -20.5. The molecule has 0 bridgehead atoms. The monoisotopic (exact) mass is 1290 g/mol. The van der Waals surface area contributed by atoms with Crippen LogP contribution >= 0.6 is 0 Å². The van der Waals surface area contributed by atoms with E-state index in [0.29, 0.717) is 0 Å². The summed E-state index contributed by atoms with van der Waals surface area (Å²) in [5, 5.41) is 126. The van der Waals surface area contributed by atoms with E-state index in [-0.39, 0.29) is 81.9 Å². The minimum atomic E-state index is -10.3. The van der Waals surface area contributed by atoms with Gasteiger partial charge in [0, 0.05) is 0 Å². The van der Waals surface area contributed by atoms with Gasteiger partial charge in [0.15, 0.2) is 0 Å². The number of nitro groups is 12. The van der Waals surface area contributed by atoms with Crippen LogP contribution in [0, 0.1) is 121 Å². The van der Waals surface area contributed by atoms with Crippen LogP contribution in [0.25, 0.3) is 0 Å². The molecule has 0 saturated heterocycles. The van der Waals surface area contributed by atoms with Crippen molar-refractivity contribution in [2.45, 2.75) is 0 Å². The SMILES string of the molecule is O=[N+]([O-])[Co-3]([N+](=O)[O-])([N+](=O)[O-])([N+](=O)[O-])([N+](=O)[O-])[N+](=O)[O-].O=[N+]([O-])[Co-3]([N+](=O)[O-])([N+](=O)[O-])([N+](=O)[O-])([N+](=O)[O-])[N+](=O)[O-].[Pb+2].[Pb+2].[Pb+2]. The Balaban J connectivity index is -0.000000196. The van der Waals surface area contributed by atoms with Crippen LogP contribution in [0.1, 0.15) is 0 Å². The summed E-state index contributed by atoms with van der Waals surface area (Å²) in [4.78, 5) is 126. The van der Waals surface area contributed by atoms with E-state index in [4.69, 9.17) is 0 Å². The first kappa shape index (κ1) is 47.4. The summed E-state index contributed by atoms with van der Waals surface area (Å²) < 4.78 is -39.1. The van der Waals surface area contributed by atoms with Crippen molar-refractivity contribution < 1.29 is 71.3 Å². The quantitative estimate of drug-likeness (QED) is 0.101. The summed E-state index contributed by atoms with van der Waals surface area (Å²) in [6, 6.07) is 0. The minimum Gasteiger partial charge on any atom is 2.00 e. The number of rotatable bonds is 12. The molecule has 0 spiro atoms. The van der Waals surface area contributed by atoms with Gasteiger partial charge in [-0.1, -0.05) is 0 Å².